The van der Waals surface area contributed by atoms with Crippen molar-refractivity contribution in [3.05, 3.63) is 131 Å². The van der Waals surface area contributed by atoms with Crippen LogP contribution in [0.3, 0.4) is 0 Å². The maximum Gasteiger partial charge on any atom is 0.0384 e. The summed E-state index contributed by atoms with van der Waals surface area (Å²) in [6, 6.07) is 39.2. The normalized spacial score (nSPS) is 11.7. The van der Waals surface area contributed by atoms with E-state index in [-0.39, 0.29) is 0 Å². The minimum atomic E-state index is 1.01. The standard InChI is InChI=1S/C33H27N/c1-22-20-31-30-11-7-6-10-27(30)21-32(31)33(23(22)2)26-14-18-29(19-15-26)34-28-16-12-25(13-17-28)24-8-4-3-5-9-24/h3-20,34H,21H2,1-2H3. The van der Waals surface area contributed by atoms with E-state index in [1.54, 1.807) is 0 Å². The summed E-state index contributed by atoms with van der Waals surface area (Å²) in [5.41, 5.74) is 15.7. The third-order valence-corrected chi connectivity index (χ3v) is 7.08. The van der Waals surface area contributed by atoms with E-state index in [9.17, 15) is 0 Å². The second-order valence-corrected chi connectivity index (χ2v) is 9.20. The molecule has 0 heterocycles. The summed E-state index contributed by atoms with van der Waals surface area (Å²) in [7, 11) is 0. The van der Waals surface area contributed by atoms with Crippen molar-refractivity contribution >= 4 is 11.4 Å². The van der Waals surface area contributed by atoms with Crippen LogP contribution >= 0.6 is 0 Å². The quantitative estimate of drug-likeness (QED) is 0.290. The Morgan fingerprint density at radius 2 is 1.15 bits per heavy atom. The Labute approximate surface area is 201 Å². The fourth-order valence-electron chi connectivity index (χ4n) is 5.18. The van der Waals surface area contributed by atoms with Crippen molar-refractivity contribution in [2.75, 3.05) is 5.32 Å². The Kier molecular flexibility index (Phi) is 5.04. The SMILES string of the molecule is Cc1cc2c(c(-c3ccc(Nc4ccc(-c5ccccc5)cc4)cc3)c1C)Cc1ccccc1-2. The van der Waals surface area contributed by atoms with E-state index >= 15 is 0 Å². The highest BCUT2D eigenvalue weighted by Gasteiger charge is 2.23. The first kappa shape index (κ1) is 20.5. The minimum absolute atomic E-state index is 1.01. The van der Waals surface area contributed by atoms with Crippen LogP contribution in [-0.4, -0.2) is 0 Å². The summed E-state index contributed by atoms with van der Waals surface area (Å²) in [6.45, 7) is 4.49. The molecular formula is C33H27N. The van der Waals surface area contributed by atoms with Gasteiger partial charge < -0.3 is 5.32 Å². The topological polar surface area (TPSA) is 12.0 Å². The average molecular weight is 438 g/mol. The lowest BCUT2D eigenvalue weighted by Crippen LogP contribution is -1.96. The van der Waals surface area contributed by atoms with Crippen LogP contribution in [0.1, 0.15) is 22.3 Å². The van der Waals surface area contributed by atoms with E-state index in [1.165, 1.54) is 55.6 Å². The van der Waals surface area contributed by atoms with Crippen LogP contribution in [-0.2, 0) is 6.42 Å². The van der Waals surface area contributed by atoms with Crippen LogP contribution in [0.5, 0.6) is 0 Å². The molecule has 1 N–H and O–H groups in total. The van der Waals surface area contributed by atoms with Gasteiger partial charge in [0.15, 0.2) is 0 Å². The highest BCUT2D eigenvalue weighted by molar-refractivity contribution is 5.87. The van der Waals surface area contributed by atoms with E-state index in [0.717, 1.165) is 17.8 Å². The molecule has 0 atom stereocenters. The molecule has 5 aromatic carbocycles. The number of hydrogen-bond acceptors (Lipinski definition) is 1. The van der Waals surface area contributed by atoms with Crippen LogP contribution < -0.4 is 5.32 Å². The lowest BCUT2D eigenvalue weighted by molar-refractivity contribution is 1.23. The van der Waals surface area contributed by atoms with Gasteiger partial charge in [-0.25, -0.2) is 0 Å². The zero-order valence-electron chi connectivity index (χ0n) is 19.6. The maximum absolute atomic E-state index is 3.55. The van der Waals surface area contributed by atoms with Gasteiger partial charge in [0.1, 0.15) is 0 Å². The summed E-state index contributed by atoms with van der Waals surface area (Å²) in [5, 5.41) is 3.55. The molecular weight excluding hydrogens is 410 g/mol. The number of fused-ring (bicyclic) bond motifs is 3. The maximum atomic E-state index is 3.55. The number of benzene rings is 5. The molecule has 0 saturated heterocycles. The predicted octanol–water partition coefficient (Wildman–Crippen LogP) is 8.95. The fraction of sp³-hybridized carbons (Fsp3) is 0.0909. The number of nitrogens with one attached hydrogen (secondary N) is 1. The Balaban J connectivity index is 1.28. The van der Waals surface area contributed by atoms with Gasteiger partial charge in [0, 0.05) is 11.4 Å². The van der Waals surface area contributed by atoms with Crippen molar-refractivity contribution in [1.82, 2.24) is 0 Å². The smallest absolute Gasteiger partial charge is 0.0384 e. The molecule has 0 aliphatic heterocycles. The van der Waals surface area contributed by atoms with Crippen molar-refractivity contribution in [3.63, 3.8) is 0 Å². The van der Waals surface area contributed by atoms with Gasteiger partial charge in [0.05, 0.1) is 0 Å². The number of aryl methyl sites for hydroxylation is 1. The van der Waals surface area contributed by atoms with Crippen LogP contribution in [0.15, 0.2) is 109 Å². The Hall–Kier alpha value is -4.10. The summed E-state index contributed by atoms with van der Waals surface area (Å²) in [4.78, 5) is 0. The van der Waals surface area contributed by atoms with E-state index in [4.69, 9.17) is 0 Å². The summed E-state index contributed by atoms with van der Waals surface area (Å²) < 4.78 is 0. The molecule has 0 unspecified atom stereocenters. The molecule has 0 saturated carbocycles. The van der Waals surface area contributed by atoms with Crippen LogP contribution in [0.2, 0.25) is 0 Å². The summed E-state index contributed by atoms with van der Waals surface area (Å²) in [6.07, 6.45) is 1.01. The van der Waals surface area contributed by atoms with E-state index in [2.05, 4.69) is 128 Å². The molecule has 1 aliphatic rings. The van der Waals surface area contributed by atoms with Gasteiger partial charge >= 0.3 is 0 Å². The number of anilines is 2. The molecule has 34 heavy (non-hydrogen) atoms. The third-order valence-electron chi connectivity index (χ3n) is 7.08. The first-order valence-electron chi connectivity index (χ1n) is 11.9. The molecule has 0 amide bonds. The van der Waals surface area contributed by atoms with Crippen molar-refractivity contribution < 1.29 is 0 Å². The molecule has 164 valence electrons. The lowest BCUT2D eigenvalue weighted by atomic mass is 9.88. The van der Waals surface area contributed by atoms with Crippen LogP contribution in [0, 0.1) is 13.8 Å². The molecule has 0 spiro atoms. The molecule has 1 nitrogen and oxygen atoms in total. The predicted molar refractivity (Wildman–Crippen MR) is 145 cm³/mol. The zero-order chi connectivity index (χ0) is 23.1. The Morgan fingerprint density at radius 1 is 0.559 bits per heavy atom. The van der Waals surface area contributed by atoms with Gasteiger partial charge in [-0.05, 0) is 100 Å². The molecule has 0 fully saturated rings. The van der Waals surface area contributed by atoms with Gasteiger partial charge in [-0.15, -0.1) is 0 Å². The molecule has 0 radical (unpaired) electrons. The second kappa shape index (κ2) is 8.35. The molecule has 5 aromatic rings. The van der Waals surface area contributed by atoms with E-state index in [1.807, 2.05) is 0 Å². The highest BCUT2D eigenvalue weighted by atomic mass is 14.9. The lowest BCUT2D eigenvalue weighted by Gasteiger charge is -2.16. The highest BCUT2D eigenvalue weighted by Crippen LogP contribution is 2.44. The largest absolute Gasteiger partial charge is 0.356 e. The molecule has 1 aliphatic carbocycles. The molecule has 0 bridgehead atoms. The van der Waals surface area contributed by atoms with Crippen molar-refractivity contribution in [3.8, 4) is 33.4 Å². The Morgan fingerprint density at radius 3 is 1.85 bits per heavy atom. The molecule has 0 aromatic heterocycles. The van der Waals surface area contributed by atoms with Crippen molar-refractivity contribution in [2.45, 2.75) is 20.3 Å². The first-order valence-corrected chi connectivity index (χ1v) is 11.9. The van der Waals surface area contributed by atoms with Gasteiger partial charge in [-0.1, -0.05) is 84.9 Å². The van der Waals surface area contributed by atoms with Crippen molar-refractivity contribution in [1.29, 1.82) is 0 Å². The first-order chi connectivity index (χ1) is 16.7. The van der Waals surface area contributed by atoms with E-state index in [0.29, 0.717) is 0 Å². The molecule has 1 heteroatoms. The third kappa shape index (κ3) is 3.60. The number of rotatable bonds is 4. The van der Waals surface area contributed by atoms with Gasteiger partial charge in [-0.2, -0.15) is 0 Å². The average Bonchev–Trinajstić information content (AvgIpc) is 3.24. The molecule has 6 rings (SSSR count). The zero-order valence-corrected chi connectivity index (χ0v) is 19.6. The van der Waals surface area contributed by atoms with Crippen LogP contribution in [0.25, 0.3) is 33.4 Å². The van der Waals surface area contributed by atoms with Gasteiger partial charge in [0.25, 0.3) is 0 Å². The Bertz CT molecular complexity index is 1480. The van der Waals surface area contributed by atoms with Gasteiger partial charge in [0.2, 0.25) is 0 Å². The van der Waals surface area contributed by atoms with Crippen molar-refractivity contribution in [2.24, 2.45) is 0 Å². The summed E-state index contributed by atoms with van der Waals surface area (Å²) >= 11 is 0. The number of hydrogen-bond donors (Lipinski definition) is 1. The monoisotopic (exact) mass is 437 g/mol. The fourth-order valence-corrected chi connectivity index (χ4v) is 5.18. The summed E-state index contributed by atoms with van der Waals surface area (Å²) in [5.74, 6) is 0. The van der Waals surface area contributed by atoms with Crippen LogP contribution in [0.4, 0.5) is 11.4 Å². The van der Waals surface area contributed by atoms with E-state index < -0.39 is 0 Å². The minimum Gasteiger partial charge on any atom is -0.356 e. The van der Waals surface area contributed by atoms with Gasteiger partial charge in [-0.3, -0.25) is 0 Å². The second-order valence-electron chi connectivity index (χ2n) is 9.20.